The molecular weight excluding hydrogens is 286 g/mol. The van der Waals surface area contributed by atoms with E-state index in [4.69, 9.17) is 10.1 Å². The number of fused-ring (bicyclic) bond motifs is 1. The number of anilines is 1. The lowest BCUT2D eigenvalue weighted by Crippen LogP contribution is -2.21. The maximum Gasteiger partial charge on any atom is 0.165 e. The van der Waals surface area contributed by atoms with Gasteiger partial charge in [0, 0.05) is 30.4 Å². The van der Waals surface area contributed by atoms with Gasteiger partial charge in [0.15, 0.2) is 5.65 Å². The molecule has 0 saturated heterocycles. The van der Waals surface area contributed by atoms with E-state index in [9.17, 15) is 0 Å². The summed E-state index contributed by atoms with van der Waals surface area (Å²) < 4.78 is 1.92. The molecule has 0 aliphatic heterocycles. The van der Waals surface area contributed by atoms with Crippen LogP contribution in [0.25, 0.3) is 16.8 Å². The summed E-state index contributed by atoms with van der Waals surface area (Å²) >= 11 is 0. The van der Waals surface area contributed by atoms with E-state index in [1.165, 1.54) is 0 Å². The quantitative estimate of drug-likeness (QED) is 0.787. The molecule has 0 aliphatic rings. The Kier molecular flexibility index (Phi) is 4.30. The molecule has 3 rings (SSSR count). The predicted molar refractivity (Wildman–Crippen MR) is 94.9 cm³/mol. The van der Waals surface area contributed by atoms with Crippen LogP contribution in [0.5, 0.6) is 0 Å². The standard InChI is InChI=1S/C18H23N5/c1-13-12-16(19-10-11-22(3)4)23-18(20-13)17(14(2)21-23)15-8-6-5-7-9-15/h5-9,12,19H,10-11H2,1-4H3. The third kappa shape index (κ3) is 3.19. The van der Waals surface area contributed by atoms with Gasteiger partial charge in [-0.1, -0.05) is 30.3 Å². The SMILES string of the molecule is Cc1cc(NCCN(C)C)n2nc(C)c(-c3ccccc3)c2n1. The summed E-state index contributed by atoms with van der Waals surface area (Å²) in [6.45, 7) is 5.89. The van der Waals surface area contributed by atoms with Crippen LogP contribution in [0.15, 0.2) is 36.4 Å². The Bertz CT molecular complexity index is 805. The Balaban J connectivity index is 2.07. The van der Waals surface area contributed by atoms with Crippen LogP contribution in [0.1, 0.15) is 11.4 Å². The first-order valence-corrected chi connectivity index (χ1v) is 7.87. The van der Waals surface area contributed by atoms with Crippen LogP contribution in [0, 0.1) is 13.8 Å². The second-order valence-electron chi connectivity index (χ2n) is 6.07. The molecule has 0 radical (unpaired) electrons. The van der Waals surface area contributed by atoms with Crippen molar-refractivity contribution in [2.45, 2.75) is 13.8 Å². The van der Waals surface area contributed by atoms with Crippen LogP contribution in [0.3, 0.4) is 0 Å². The summed E-state index contributed by atoms with van der Waals surface area (Å²) in [5, 5.41) is 8.18. The minimum atomic E-state index is 0.866. The highest BCUT2D eigenvalue weighted by atomic mass is 15.3. The van der Waals surface area contributed by atoms with Crippen molar-refractivity contribution in [2.24, 2.45) is 0 Å². The van der Waals surface area contributed by atoms with Crippen molar-refractivity contribution in [2.75, 3.05) is 32.5 Å². The molecule has 0 aliphatic carbocycles. The van der Waals surface area contributed by atoms with Gasteiger partial charge in [-0.15, -0.1) is 0 Å². The molecule has 23 heavy (non-hydrogen) atoms. The van der Waals surface area contributed by atoms with Gasteiger partial charge in [-0.05, 0) is 33.5 Å². The number of aryl methyl sites for hydroxylation is 2. The molecule has 0 unspecified atom stereocenters. The van der Waals surface area contributed by atoms with Crippen molar-refractivity contribution >= 4 is 11.5 Å². The highest BCUT2D eigenvalue weighted by Gasteiger charge is 2.15. The van der Waals surface area contributed by atoms with Gasteiger partial charge in [0.25, 0.3) is 0 Å². The zero-order valence-electron chi connectivity index (χ0n) is 14.2. The number of hydrogen-bond acceptors (Lipinski definition) is 4. The molecule has 0 amide bonds. The van der Waals surface area contributed by atoms with E-state index in [0.29, 0.717) is 0 Å². The van der Waals surface area contributed by atoms with Crippen molar-refractivity contribution in [3.63, 3.8) is 0 Å². The van der Waals surface area contributed by atoms with Crippen LogP contribution in [-0.4, -0.2) is 46.7 Å². The smallest absolute Gasteiger partial charge is 0.165 e. The minimum absolute atomic E-state index is 0.866. The van der Waals surface area contributed by atoms with Gasteiger partial charge in [-0.3, -0.25) is 0 Å². The predicted octanol–water partition coefficient (Wildman–Crippen LogP) is 2.99. The number of rotatable bonds is 5. The van der Waals surface area contributed by atoms with Crippen LogP contribution >= 0.6 is 0 Å². The Morgan fingerprint density at radius 3 is 2.57 bits per heavy atom. The molecule has 5 nitrogen and oxygen atoms in total. The molecule has 0 bridgehead atoms. The molecule has 0 atom stereocenters. The average Bonchev–Trinajstić information content (AvgIpc) is 2.84. The Labute approximate surface area is 137 Å². The zero-order chi connectivity index (χ0) is 16.4. The van der Waals surface area contributed by atoms with Crippen LogP contribution in [-0.2, 0) is 0 Å². The Morgan fingerprint density at radius 2 is 1.87 bits per heavy atom. The van der Waals surface area contributed by atoms with Gasteiger partial charge in [0.05, 0.1) is 5.69 Å². The van der Waals surface area contributed by atoms with Gasteiger partial charge in [-0.2, -0.15) is 9.61 Å². The lowest BCUT2D eigenvalue weighted by molar-refractivity contribution is 0.425. The van der Waals surface area contributed by atoms with Crippen molar-refractivity contribution in [1.82, 2.24) is 19.5 Å². The van der Waals surface area contributed by atoms with Gasteiger partial charge in [0.2, 0.25) is 0 Å². The van der Waals surface area contributed by atoms with Gasteiger partial charge in [-0.25, -0.2) is 4.98 Å². The second kappa shape index (κ2) is 6.38. The third-order valence-corrected chi connectivity index (χ3v) is 3.82. The number of aromatic nitrogens is 3. The highest BCUT2D eigenvalue weighted by molar-refractivity contribution is 5.80. The normalized spacial score (nSPS) is 11.3. The summed E-state index contributed by atoms with van der Waals surface area (Å²) in [5.41, 5.74) is 5.13. The van der Waals surface area contributed by atoms with E-state index >= 15 is 0 Å². The van der Waals surface area contributed by atoms with Crippen molar-refractivity contribution in [1.29, 1.82) is 0 Å². The van der Waals surface area contributed by atoms with Crippen molar-refractivity contribution in [3.05, 3.63) is 47.8 Å². The first-order chi connectivity index (χ1) is 11.1. The minimum Gasteiger partial charge on any atom is -0.369 e. The van der Waals surface area contributed by atoms with Crippen molar-refractivity contribution < 1.29 is 0 Å². The largest absolute Gasteiger partial charge is 0.369 e. The average molecular weight is 309 g/mol. The second-order valence-corrected chi connectivity index (χ2v) is 6.07. The lowest BCUT2D eigenvalue weighted by atomic mass is 10.1. The number of nitrogens with zero attached hydrogens (tertiary/aromatic N) is 4. The molecule has 2 aromatic heterocycles. The van der Waals surface area contributed by atoms with E-state index in [-0.39, 0.29) is 0 Å². The van der Waals surface area contributed by atoms with E-state index in [1.807, 2.05) is 42.6 Å². The molecule has 1 aromatic carbocycles. The summed E-state index contributed by atoms with van der Waals surface area (Å²) in [5.74, 6) is 0.986. The molecule has 1 N–H and O–H groups in total. The molecular formula is C18H23N5. The Hall–Kier alpha value is -2.40. The molecule has 0 fully saturated rings. The molecule has 5 heteroatoms. The van der Waals surface area contributed by atoms with E-state index in [2.05, 4.69) is 36.4 Å². The molecule has 0 saturated carbocycles. The monoisotopic (exact) mass is 309 g/mol. The van der Waals surface area contributed by atoms with Crippen LogP contribution < -0.4 is 5.32 Å². The van der Waals surface area contributed by atoms with Gasteiger partial charge in [0.1, 0.15) is 5.82 Å². The fraction of sp³-hybridized carbons (Fsp3) is 0.333. The summed E-state index contributed by atoms with van der Waals surface area (Å²) in [4.78, 5) is 6.88. The number of hydrogen-bond donors (Lipinski definition) is 1. The van der Waals surface area contributed by atoms with Crippen LogP contribution in [0.2, 0.25) is 0 Å². The van der Waals surface area contributed by atoms with E-state index in [1.54, 1.807) is 0 Å². The maximum absolute atomic E-state index is 4.73. The lowest BCUT2D eigenvalue weighted by Gasteiger charge is -2.12. The van der Waals surface area contributed by atoms with Gasteiger partial charge >= 0.3 is 0 Å². The highest BCUT2D eigenvalue weighted by Crippen LogP contribution is 2.28. The van der Waals surface area contributed by atoms with E-state index < -0.39 is 0 Å². The fourth-order valence-corrected chi connectivity index (χ4v) is 2.72. The first-order valence-electron chi connectivity index (χ1n) is 7.87. The first kappa shape index (κ1) is 15.5. The zero-order valence-corrected chi connectivity index (χ0v) is 14.2. The molecule has 3 aromatic rings. The third-order valence-electron chi connectivity index (χ3n) is 3.82. The van der Waals surface area contributed by atoms with Gasteiger partial charge < -0.3 is 10.2 Å². The molecule has 120 valence electrons. The topological polar surface area (TPSA) is 45.5 Å². The summed E-state index contributed by atoms with van der Waals surface area (Å²) in [6, 6.07) is 12.4. The number of likely N-dealkylation sites (N-methyl/N-ethyl adjacent to an activating group) is 1. The molecule has 2 heterocycles. The van der Waals surface area contributed by atoms with E-state index in [0.717, 1.165) is 47.1 Å². The number of benzene rings is 1. The maximum atomic E-state index is 4.73. The van der Waals surface area contributed by atoms with Crippen LogP contribution in [0.4, 0.5) is 5.82 Å². The number of nitrogens with one attached hydrogen (secondary N) is 1. The molecule has 0 spiro atoms. The summed E-state index contributed by atoms with van der Waals surface area (Å²) in [7, 11) is 4.14. The fourth-order valence-electron chi connectivity index (χ4n) is 2.72. The van der Waals surface area contributed by atoms with Crippen molar-refractivity contribution in [3.8, 4) is 11.1 Å². The summed E-state index contributed by atoms with van der Waals surface area (Å²) in [6.07, 6.45) is 0. The Morgan fingerprint density at radius 1 is 1.13 bits per heavy atom.